The Morgan fingerprint density at radius 1 is 1.02 bits per heavy atom. The van der Waals surface area contributed by atoms with E-state index < -0.39 is 10.4 Å². The van der Waals surface area contributed by atoms with Gasteiger partial charge in [-0.1, -0.05) is 35.6 Å². The molecule has 0 saturated carbocycles. The van der Waals surface area contributed by atoms with Crippen molar-refractivity contribution in [2.75, 3.05) is 42.6 Å². The number of hydrogen-bond donors (Lipinski definition) is 1. The lowest BCUT2D eigenvalue weighted by Crippen LogP contribution is -2.30. The number of fused-ring (bicyclic) bond motifs is 1. The van der Waals surface area contributed by atoms with Crippen LogP contribution in [0.1, 0.15) is 51.8 Å². The minimum absolute atomic E-state index is 0.134. The summed E-state index contributed by atoms with van der Waals surface area (Å²) in [6.07, 6.45) is 4.87. The predicted molar refractivity (Wildman–Crippen MR) is 157 cm³/mol. The van der Waals surface area contributed by atoms with Crippen molar-refractivity contribution in [1.82, 2.24) is 4.98 Å². The number of thiazole rings is 1. The van der Waals surface area contributed by atoms with Gasteiger partial charge in [-0.25, -0.2) is 4.18 Å². The van der Waals surface area contributed by atoms with E-state index in [2.05, 4.69) is 19.3 Å². The molecule has 2 aliphatic rings. The maximum absolute atomic E-state index is 13.0. The molecule has 214 valence electrons. The summed E-state index contributed by atoms with van der Waals surface area (Å²) in [5.74, 6) is 0.142. The number of azo groups is 1. The van der Waals surface area contributed by atoms with Crippen LogP contribution in [0.15, 0.2) is 64.3 Å². The molecule has 1 saturated heterocycles. The maximum Gasteiger partial charge on any atom is 0.397 e. The number of benzene rings is 2. The summed E-state index contributed by atoms with van der Waals surface area (Å²) in [6.45, 7) is 4.28. The topological polar surface area (TPSA) is 142 Å². The van der Waals surface area contributed by atoms with Gasteiger partial charge in [-0.3, -0.25) is 14.1 Å². The Morgan fingerprint density at radius 3 is 2.29 bits per heavy atom. The number of carbonyl (C=O) groups excluding carboxylic acids is 2. The zero-order valence-corrected chi connectivity index (χ0v) is 24.0. The Morgan fingerprint density at radius 2 is 1.68 bits per heavy atom. The molecule has 5 rings (SSSR count). The highest BCUT2D eigenvalue weighted by Crippen LogP contribution is 2.38. The summed E-state index contributed by atoms with van der Waals surface area (Å²) in [5, 5.41) is 9.10. The molecule has 0 radical (unpaired) electrons. The van der Waals surface area contributed by atoms with Crippen molar-refractivity contribution in [3.63, 3.8) is 0 Å². The highest BCUT2D eigenvalue weighted by atomic mass is 32.3. The molecular weight excluding hydrogens is 566 g/mol. The molecule has 13 heteroatoms. The monoisotopic (exact) mass is 595 g/mol. The number of Topliss-reactive ketones (excluding diaryl/α,β-unsaturated/α-hetero) is 2. The quantitative estimate of drug-likeness (QED) is 0.136. The summed E-state index contributed by atoms with van der Waals surface area (Å²) in [6, 6.07) is 14.1. The first-order valence-corrected chi connectivity index (χ1v) is 15.5. The van der Waals surface area contributed by atoms with Gasteiger partial charge in [-0.2, -0.15) is 13.4 Å². The molecule has 2 heterocycles. The molecule has 2 aromatic carbocycles. The molecule has 0 spiro atoms. The van der Waals surface area contributed by atoms with Crippen molar-refractivity contribution in [2.24, 2.45) is 10.2 Å². The first kappa shape index (κ1) is 28.7. The second kappa shape index (κ2) is 12.4. The second-order valence-electron chi connectivity index (χ2n) is 9.54. The molecule has 0 amide bonds. The van der Waals surface area contributed by atoms with E-state index in [-0.39, 0.29) is 30.3 Å². The van der Waals surface area contributed by atoms with Crippen LogP contribution in [0, 0.1) is 0 Å². The van der Waals surface area contributed by atoms with Crippen molar-refractivity contribution in [3.8, 4) is 0 Å². The van der Waals surface area contributed by atoms with E-state index in [4.69, 9.17) is 9.54 Å². The SMILES string of the molecule is CCN(CCOS(=O)(=O)O)c1ccc(N=Nc2nc(N3CCCCC3)c(C=C3C(=O)c4ccccc4C3=O)s2)cc1. The van der Waals surface area contributed by atoms with E-state index in [0.717, 1.165) is 38.0 Å². The third-order valence-electron chi connectivity index (χ3n) is 6.90. The molecule has 0 unspecified atom stereocenters. The van der Waals surface area contributed by atoms with Gasteiger partial charge < -0.3 is 9.80 Å². The van der Waals surface area contributed by atoms with Crippen molar-refractivity contribution in [1.29, 1.82) is 0 Å². The van der Waals surface area contributed by atoms with Crippen molar-refractivity contribution in [3.05, 3.63) is 70.1 Å². The Balaban J connectivity index is 1.36. The molecular formula is C28H29N5O6S2. The fourth-order valence-corrected chi connectivity index (χ4v) is 6.01. The van der Waals surface area contributed by atoms with Crippen LogP contribution in [0.4, 0.5) is 22.3 Å². The van der Waals surface area contributed by atoms with Crippen molar-refractivity contribution >= 4 is 61.7 Å². The summed E-state index contributed by atoms with van der Waals surface area (Å²) >= 11 is 1.28. The third-order valence-corrected chi connectivity index (χ3v) is 8.24. The minimum atomic E-state index is -4.48. The van der Waals surface area contributed by atoms with Gasteiger partial charge in [-0.15, -0.1) is 10.2 Å². The predicted octanol–water partition coefficient (Wildman–Crippen LogP) is 5.66. The van der Waals surface area contributed by atoms with Crippen molar-refractivity contribution < 1.29 is 26.7 Å². The number of aromatic nitrogens is 1. The molecule has 1 aromatic heterocycles. The Labute approximate surface area is 242 Å². The lowest BCUT2D eigenvalue weighted by atomic mass is 10.1. The van der Waals surface area contributed by atoms with E-state index in [1.807, 2.05) is 24.0 Å². The molecule has 11 nitrogen and oxygen atoms in total. The van der Waals surface area contributed by atoms with Crippen molar-refractivity contribution in [2.45, 2.75) is 26.2 Å². The van der Waals surface area contributed by atoms with E-state index in [0.29, 0.717) is 39.2 Å². The number of hydrogen-bond acceptors (Lipinski definition) is 11. The van der Waals surface area contributed by atoms with E-state index in [9.17, 15) is 18.0 Å². The molecule has 1 aliphatic heterocycles. The zero-order chi connectivity index (χ0) is 29.0. The maximum atomic E-state index is 13.0. The van der Waals surface area contributed by atoms with Crippen LogP contribution in [0.2, 0.25) is 0 Å². The van der Waals surface area contributed by atoms with Crippen LogP contribution in [0.5, 0.6) is 0 Å². The van der Waals surface area contributed by atoms with Gasteiger partial charge in [0.05, 0.1) is 22.7 Å². The summed E-state index contributed by atoms with van der Waals surface area (Å²) in [5.41, 5.74) is 2.39. The van der Waals surface area contributed by atoms with Crippen LogP contribution in [-0.2, 0) is 14.6 Å². The molecule has 1 fully saturated rings. The number of ketones is 2. The Bertz CT molecular complexity index is 1570. The molecule has 3 aromatic rings. The number of allylic oxidation sites excluding steroid dienone is 1. The molecule has 1 N–H and O–H groups in total. The largest absolute Gasteiger partial charge is 0.397 e. The van der Waals surface area contributed by atoms with Crippen LogP contribution in [0.25, 0.3) is 6.08 Å². The lowest BCUT2D eigenvalue weighted by Gasteiger charge is -2.27. The number of rotatable bonds is 10. The summed E-state index contributed by atoms with van der Waals surface area (Å²) in [4.78, 5) is 35.5. The van der Waals surface area contributed by atoms with E-state index in [1.54, 1.807) is 42.5 Å². The first-order chi connectivity index (χ1) is 19.7. The third kappa shape index (κ3) is 6.76. The Hall–Kier alpha value is -3.78. The normalized spacial score (nSPS) is 15.6. The smallest absolute Gasteiger partial charge is 0.369 e. The number of piperidine rings is 1. The van der Waals surface area contributed by atoms with Gasteiger partial charge >= 0.3 is 10.4 Å². The van der Waals surface area contributed by atoms with Crippen LogP contribution < -0.4 is 9.80 Å². The van der Waals surface area contributed by atoms with E-state index >= 15 is 0 Å². The highest BCUT2D eigenvalue weighted by Gasteiger charge is 2.33. The van der Waals surface area contributed by atoms with Crippen LogP contribution in [0.3, 0.4) is 0 Å². The Kier molecular flexibility index (Phi) is 8.68. The van der Waals surface area contributed by atoms with Crippen LogP contribution in [-0.4, -0.2) is 62.3 Å². The fourth-order valence-electron chi connectivity index (χ4n) is 4.87. The number of likely N-dealkylation sites (N-methyl/N-ethyl adjacent to an activating group) is 1. The number of anilines is 2. The minimum Gasteiger partial charge on any atom is -0.369 e. The van der Waals surface area contributed by atoms with Gasteiger partial charge in [0.25, 0.3) is 0 Å². The van der Waals surface area contributed by atoms with E-state index in [1.165, 1.54) is 11.3 Å². The van der Waals surface area contributed by atoms with Gasteiger partial charge in [0.2, 0.25) is 5.13 Å². The summed E-state index contributed by atoms with van der Waals surface area (Å²) in [7, 11) is -4.48. The van der Waals surface area contributed by atoms with Gasteiger partial charge in [-0.05, 0) is 56.5 Å². The lowest BCUT2D eigenvalue weighted by molar-refractivity contribution is 0.0990. The second-order valence-corrected chi connectivity index (χ2v) is 11.6. The van der Waals surface area contributed by atoms with Gasteiger partial charge in [0.1, 0.15) is 5.82 Å². The van der Waals surface area contributed by atoms with Crippen LogP contribution >= 0.6 is 11.3 Å². The highest BCUT2D eigenvalue weighted by molar-refractivity contribution is 7.80. The average molecular weight is 596 g/mol. The molecule has 0 atom stereocenters. The number of nitrogens with zero attached hydrogens (tertiary/aromatic N) is 5. The number of carbonyl (C=O) groups is 2. The molecule has 1 aliphatic carbocycles. The van der Waals surface area contributed by atoms with Gasteiger partial charge in [0, 0.05) is 43.0 Å². The molecule has 41 heavy (non-hydrogen) atoms. The standard InChI is InChI=1S/C28H29N5O6S2/c1-2-32(16-17-39-41(36,37)38)20-12-10-19(11-13-20)30-31-28-29-27(33-14-6-3-7-15-33)24(40-28)18-23-25(34)21-8-4-5-9-22(21)26(23)35/h4-5,8-13,18H,2-3,6-7,14-17H2,1H3,(H,36,37,38). The first-order valence-electron chi connectivity index (χ1n) is 13.3. The van der Waals surface area contributed by atoms with Gasteiger partial charge in [0.15, 0.2) is 11.6 Å². The zero-order valence-electron chi connectivity index (χ0n) is 22.4. The fraction of sp³-hybridized carbons (Fsp3) is 0.321. The average Bonchev–Trinajstić information content (AvgIpc) is 3.49. The molecule has 0 bridgehead atoms. The summed E-state index contributed by atoms with van der Waals surface area (Å²) < 4.78 is 34.8.